The number of nitrogens with zero attached hydrogens (tertiary/aromatic N) is 4. The van der Waals surface area contributed by atoms with Crippen molar-refractivity contribution in [1.29, 1.82) is 0 Å². The number of alkyl halides is 3. The van der Waals surface area contributed by atoms with Crippen LogP contribution in [0.15, 0.2) is 56.8 Å². The van der Waals surface area contributed by atoms with Gasteiger partial charge in [-0.05, 0) is 43.9 Å². The van der Waals surface area contributed by atoms with Gasteiger partial charge < -0.3 is 16.4 Å². The molecular weight excluding hydrogens is 480 g/mol. The fourth-order valence-electron chi connectivity index (χ4n) is 2.82. The summed E-state index contributed by atoms with van der Waals surface area (Å²) in [6, 6.07) is 1.97. The van der Waals surface area contributed by atoms with E-state index < -0.39 is 23.7 Å². The molecule has 1 aromatic rings. The zero-order chi connectivity index (χ0) is 24.8. The molecular formula is C21H23Cl2F3N6O. The fourth-order valence-corrected chi connectivity index (χ4v) is 3.11. The second kappa shape index (κ2) is 11.3. The van der Waals surface area contributed by atoms with Gasteiger partial charge in [0.15, 0.2) is 5.84 Å². The van der Waals surface area contributed by atoms with Crippen LogP contribution in [0.5, 0.6) is 0 Å². The molecule has 33 heavy (non-hydrogen) atoms. The number of carbonyl (C=O) groups is 1. The van der Waals surface area contributed by atoms with Crippen molar-refractivity contribution >= 4 is 47.5 Å². The van der Waals surface area contributed by atoms with Crippen LogP contribution in [0.4, 0.5) is 13.2 Å². The van der Waals surface area contributed by atoms with Crippen molar-refractivity contribution in [3.8, 4) is 0 Å². The highest BCUT2D eigenvalue weighted by Gasteiger charge is 2.35. The lowest BCUT2D eigenvalue weighted by Gasteiger charge is -2.29. The number of benzene rings is 1. The molecule has 0 radical (unpaired) electrons. The number of halogens is 5. The highest BCUT2D eigenvalue weighted by Crippen LogP contribution is 2.34. The maximum atomic E-state index is 13.3. The molecule has 0 saturated heterocycles. The number of rotatable bonds is 8. The van der Waals surface area contributed by atoms with Gasteiger partial charge in [0.1, 0.15) is 5.82 Å². The van der Waals surface area contributed by atoms with Crippen molar-refractivity contribution < 1.29 is 18.0 Å². The highest BCUT2D eigenvalue weighted by atomic mass is 35.5. The molecule has 0 aromatic heterocycles. The molecule has 1 aliphatic rings. The zero-order valence-electron chi connectivity index (χ0n) is 17.7. The first-order valence-electron chi connectivity index (χ1n) is 9.78. The highest BCUT2D eigenvalue weighted by molar-refractivity contribution is 6.39. The van der Waals surface area contributed by atoms with Crippen molar-refractivity contribution in [3.05, 3.63) is 58.0 Å². The average molecular weight is 503 g/mol. The Morgan fingerprint density at radius 3 is 2.52 bits per heavy atom. The van der Waals surface area contributed by atoms with Gasteiger partial charge in [0.25, 0.3) is 5.91 Å². The third-order valence-corrected chi connectivity index (χ3v) is 5.11. The standard InChI is InChI=1S/C21H23Cl2F3N6O/c1-12(19(30-11-28)31-13(2)29-9-18(23)8-27)32(10-14-3-4-14)20(33)15-5-16(21(24,25)26)7-17(22)6-15/h5-9,11-12,14H,2-4,10,27H2,1H3,(H2,28,30,31)/b18-8+,29-9?. The van der Waals surface area contributed by atoms with Gasteiger partial charge in [-0.15, -0.1) is 0 Å². The fraction of sp³-hybridized carbons (Fsp3) is 0.333. The van der Waals surface area contributed by atoms with Crippen LogP contribution in [0.2, 0.25) is 5.02 Å². The largest absolute Gasteiger partial charge is 0.416 e. The third kappa shape index (κ3) is 7.90. The quantitative estimate of drug-likeness (QED) is 0.401. The van der Waals surface area contributed by atoms with E-state index in [-0.39, 0.29) is 33.2 Å². The molecule has 0 bridgehead atoms. The summed E-state index contributed by atoms with van der Waals surface area (Å²) in [4.78, 5) is 26.8. The Morgan fingerprint density at radius 1 is 1.30 bits per heavy atom. The summed E-state index contributed by atoms with van der Waals surface area (Å²) in [5, 5.41) is -0.0520. The van der Waals surface area contributed by atoms with Crippen LogP contribution in [0.1, 0.15) is 35.7 Å². The molecule has 1 amide bonds. The van der Waals surface area contributed by atoms with Gasteiger partial charge in [0.2, 0.25) is 0 Å². The molecule has 1 aliphatic carbocycles. The molecule has 2 rings (SSSR count). The summed E-state index contributed by atoms with van der Waals surface area (Å²) in [5.41, 5.74) is 9.50. The maximum Gasteiger partial charge on any atom is 0.416 e. The van der Waals surface area contributed by atoms with Crippen LogP contribution in [0.3, 0.4) is 0 Å². The van der Waals surface area contributed by atoms with E-state index in [2.05, 4.69) is 21.6 Å². The predicted molar refractivity (Wildman–Crippen MR) is 126 cm³/mol. The van der Waals surface area contributed by atoms with E-state index in [1.807, 2.05) is 0 Å². The van der Waals surface area contributed by atoms with Gasteiger partial charge in [-0.25, -0.2) is 15.0 Å². The summed E-state index contributed by atoms with van der Waals surface area (Å²) >= 11 is 11.6. The van der Waals surface area contributed by atoms with Crippen molar-refractivity contribution in [2.24, 2.45) is 32.4 Å². The number of aliphatic imine (C=N–C) groups is 3. The number of amidine groups is 1. The van der Waals surface area contributed by atoms with Gasteiger partial charge in [0.05, 0.1) is 23.0 Å². The molecule has 1 fully saturated rings. The predicted octanol–water partition coefficient (Wildman–Crippen LogP) is 4.57. The first-order valence-corrected chi connectivity index (χ1v) is 10.5. The monoisotopic (exact) mass is 502 g/mol. The maximum absolute atomic E-state index is 13.3. The Hall–Kier alpha value is -2.85. The summed E-state index contributed by atoms with van der Waals surface area (Å²) in [5.74, 6) is -0.344. The molecule has 12 heteroatoms. The number of carbonyl (C=O) groups excluding carboxylic acids is 1. The molecule has 0 heterocycles. The Balaban J connectivity index is 2.42. The van der Waals surface area contributed by atoms with E-state index >= 15 is 0 Å². The second-order valence-corrected chi connectivity index (χ2v) is 8.15. The van der Waals surface area contributed by atoms with Crippen LogP contribution >= 0.6 is 23.2 Å². The topological polar surface area (TPSA) is 109 Å². The van der Waals surface area contributed by atoms with Crippen molar-refractivity contribution in [3.63, 3.8) is 0 Å². The van der Waals surface area contributed by atoms with Crippen LogP contribution < -0.4 is 11.5 Å². The second-order valence-electron chi connectivity index (χ2n) is 7.28. The minimum Gasteiger partial charge on any atom is -0.403 e. The Bertz CT molecular complexity index is 1020. The number of hydrogen-bond acceptors (Lipinski definition) is 4. The third-order valence-electron chi connectivity index (χ3n) is 4.67. The van der Waals surface area contributed by atoms with Gasteiger partial charge in [0, 0.05) is 29.5 Å². The van der Waals surface area contributed by atoms with E-state index in [9.17, 15) is 18.0 Å². The van der Waals surface area contributed by atoms with Crippen LogP contribution in [0, 0.1) is 5.92 Å². The minimum atomic E-state index is -4.65. The van der Waals surface area contributed by atoms with Gasteiger partial charge in [-0.3, -0.25) is 4.79 Å². The Kier molecular flexibility index (Phi) is 9.07. The van der Waals surface area contributed by atoms with Crippen molar-refractivity contribution in [2.45, 2.75) is 32.0 Å². The van der Waals surface area contributed by atoms with E-state index in [0.717, 1.165) is 37.5 Å². The van der Waals surface area contributed by atoms with Crippen LogP contribution in [0.25, 0.3) is 0 Å². The van der Waals surface area contributed by atoms with Crippen molar-refractivity contribution in [1.82, 2.24) is 4.90 Å². The molecule has 1 unspecified atom stereocenters. The van der Waals surface area contributed by atoms with Crippen LogP contribution in [-0.4, -0.2) is 41.8 Å². The number of hydrogen-bond donors (Lipinski definition) is 2. The van der Waals surface area contributed by atoms with E-state index in [1.165, 1.54) is 17.2 Å². The molecule has 0 spiro atoms. The molecule has 4 N–H and O–H groups in total. The molecule has 1 aromatic carbocycles. The summed E-state index contributed by atoms with van der Waals surface area (Å²) in [6.45, 7) is 5.60. The SMILES string of the molecule is C=C(N=C/C(Cl)=C\N)N=C(N=CN)C(C)N(CC1CC1)C(=O)c1cc(Cl)cc(C(F)(F)F)c1. The normalized spacial score (nSPS) is 16.4. The first kappa shape index (κ1) is 26.4. The zero-order valence-corrected chi connectivity index (χ0v) is 19.2. The first-order chi connectivity index (χ1) is 15.5. The molecule has 0 aliphatic heterocycles. The lowest BCUT2D eigenvalue weighted by atomic mass is 10.1. The summed E-state index contributed by atoms with van der Waals surface area (Å²) in [7, 11) is 0. The number of amides is 1. The lowest BCUT2D eigenvalue weighted by molar-refractivity contribution is -0.137. The molecule has 7 nitrogen and oxygen atoms in total. The molecule has 1 saturated carbocycles. The molecule has 1 atom stereocenters. The smallest absolute Gasteiger partial charge is 0.403 e. The molecule has 178 valence electrons. The Morgan fingerprint density at radius 2 is 1.97 bits per heavy atom. The minimum absolute atomic E-state index is 0.00313. The van der Waals surface area contributed by atoms with E-state index in [1.54, 1.807) is 6.92 Å². The van der Waals surface area contributed by atoms with Gasteiger partial charge in [-0.1, -0.05) is 29.8 Å². The Labute approximate surface area is 199 Å². The van der Waals surface area contributed by atoms with Crippen LogP contribution in [-0.2, 0) is 6.18 Å². The number of allylic oxidation sites excluding steroid dienone is 1. The van der Waals surface area contributed by atoms with Crippen molar-refractivity contribution in [2.75, 3.05) is 6.54 Å². The van der Waals surface area contributed by atoms with Gasteiger partial charge >= 0.3 is 6.18 Å². The average Bonchev–Trinajstić information content (AvgIpc) is 3.57. The summed E-state index contributed by atoms with van der Waals surface area (Å²) < 4.78 is 39.7. The van der Waals surface area contributed by atoms with E-state index in [4.69, 9.17) is 34.7 Å². The summed E-state index contributed by atoms with van der Waals surface area (Å²) in [6.07, 6.45) is 0.471. The lowest BCUT2D eigenvalue weighted by Crippen LogP contribution is -2.44. The van der Waals surface area contributed by atoms with Gasteiger partial charge in [-0.2, -0.15) is 13.2 Å². The number of nitrogens with two attached hydrogens (primary N) is 2. The van der Waals surface area contributed by atoms with E-state index in [0.29, 0.717) is 6.54 Å².